The van der Waals surface area contributed by atoms with Crippen LogP contribution in [0.4, 0.5) is 13.2 Å². The summed E-state index contributed by atoms with van der Waals surface area (Å²) in [5.41, 5.74) is 4.97. The lowest BCUT2D eigenvalue weighted by molar-refractivity contribution is -0.192. The minimum absolute atomic E-state index is 0.154. The van der Waals surface area contributed by atoms with Crippen molar-refractivity contribution in [2.24, 2.45) is 0 Å². The fourth-order valence-corrected chi connectivity index (χ4v) is 3.66. The Morgan fingerprint density at radius 3 is 2.26 bits per heavy atom. The molecule has 0 atom stereocenters. The molecule has 5 N–H and O–H groups in total. The van der Waals surface area contributed by atoms with Crippen LogP contribution in [0.15, 0.2) is 82.5 Å². The number of aliphatic carboxylic acids is 1. The van der Waals surface area contributed by atoms with E-state index in [9.17, 15) is 22.8 Å². The molecule has 0 aliphatic heterocycles. The van der Waals surface area contributed by atoms with Gasteiger partial charge in [0.2, 0.25) is 0 Å². The molecule has 0 bridgehead atoms. The van der Waals surface area contributed by atoms with E-state index in [4.69, 9.17) is 14.9 Å². The zero-order chi connectivity index (χ0) is 28.0. The fourth-order valence-electron chi connectivity index (χ4n) is 3.66. The minimum atomic E-state index is -5.08. The number of halogens is 3. The van der Waals surface area contributed by atoms with Crippen molar-refractivity contribution in [1.82, 2.24) is 30.5 Å². The molecule has 0 saturated heterocycles. The summed E-state index contributed by atoms with van der Waals surface area (Å²) in [6.07, 6.45) is -3.47. The lowest BCUT2D eigenvalue weighted by Crippen LogP contribution is -2.21. The van der Waals surface area contributed by atoms with Crippen LogP contribution in [0.5, 0.6) is 0 Å². The number of carboxylic acids is 1. The summed E-state index contributed by atoms with van der Waals surface area (Å²) < 4.78 is 31.7. The molecule has 13 heteroatoms. The number of benzene rings is 2. The molecule has 0 radical (unpaired) electrons. The van der Waals surface area contributed by atoms with E-state index >= 15 is 0 Å². The topological polar surface area (TPSA) is 157 Å². The molecule has 39 heavy (non-hydrogen) atoms. The minimum Gasteiger partial charge on any atom is -0.475 e. The number of rotatable bonds is 6. The van der Waals surface area contributed by atoms with Gasteiger partial charge in [-0.05, 0) is 23.3 Å². The van der Waals surface area contributed by atoms with E-state index in [1.165, 1.54) is 0 Å². The van der Waals surface area contributed by atoms with Gasteiger partial charge in [-0.3, -0.25) is 9.78 Å². The maximum Gasteiger partial charge on any atom is 0.490 e. The second kappa shape index (κ2) is 11.6. The standard InChI is InChI=1S/C24H20N6O2.C2HF3O2/c31-23-19-12-18(16-4-2-1-3-5-16)22(27-20(19)10-11-26-23)17-8-6-15(7-9-17)13-25-14-21-28-24(32)30-29-21;3-2(4,5)1(6)7/h1-12,25H,13-14H2,(H,26,31)(H2,28,29,30,32);(H,6,7). The van der Waals surface area contributed by atoms with E-state index in [-0.39, 0.29) is 11.2 Å². The van der Waals surface area contributed by atoms with E-state index in [0.717, 1.165) is 27.9 Å². The van der Waals surface area contributed by atoms with Gasteiger partial charge in [0.25, 0.3) is 5.56 Å². The number of hydrogen-bond acceptors (Lipinski definition) is 6. The van der Waals surface area contributed by atoms with Crippen molar-refractivity contribution in [3.63, 3.8) is 0 Å². The molecule has 0 aliphatic carbocycles. The zero-order valence-electron chi connectivity index (χ0n) is 20.0. The number of fused-ring (bicyclic) bond motifs is 1. The fraction of sp³-hybridized carbons (Fsp3) is 0.115. The van der Waals surface area contributed by atoms with Crippen molar-refractivity contribution in [2.75, 3.05) is 0 Å². The first-order valence-corrected chi connectivity index (χ1v) is 11.4. The molecule has 200 valence electrons. The third kappa shape index (κ3) is 6.84. The van der Waals surface area contributed by atoms with Crippen LogP contribution in [-0.4, -0.2) is 42.4 Å². The van der Waals surface area contributed by atoms with Crippen molar-refractivity contribution >= 4 is 16.9 Å². The van der Waals surface area contributed by atoms with E-state index < -0.39 is 12.1 Å². The second-order valence-corrected chi connectivity index (χ2v) is 8.22. The van der Waals surface area contributed by atoms with Crippen LogP contribution in [0.2, 0.25) is 0 Å². The number of carbonyl (C=O) groups is 1. The van der Waals surface area contributed by atoms with Gasteiger partial charge in [0.15, 0.2) is 0 Å². The summed E-state index contributed by atoms with van der Waals surface area (Å²) in [4.78, 5) is 42.5. The summed E-state index contributed by atoms with van der Waals surface area (Å²) in [5, 5.41) is 17.2. The Morgan fingerprint density at radius 1 is 0.949 bits per heavy atom. The lowest BCUT2D eigenvalue weighted by Gasteiger charge is -2.12. The number of aromatic nitrogens is 5. The third-order valence-electron chi connectivity index (χ3n) is 5.48. The molecule has 2 aromatic carbocycles. The molecule has 0 saturated carbocycles. The molecule has 0 unspecified atom stereocenters. The molecule has 10 nitrogen and oxygen atoms in total. The maximum atomic E-state index is 12.3. The Bertz CT molecular complexity index is 1690. The van der Waals surface area contributed by atoms with E-state index in [1.54, 1.807) is 6.20 Å². The smallest absolute Gasteiger partial charge is 0.475 e. The van der Waals surface area contributed by atoms with Gasteiger partial charge in [0.1, 0.15) is 5.82 Å². The van der Waals surface area contributed by atoms with Crippen molar-refractivity contribution in [1.29, 1.82) is 0 Å². The number of aromatic amines is 3. The molecule has 0 fully saturated rings. The normalized spacial score (nSPS) is 11.2. The molecule has 0 aliphatic rings. The maximum absolute atomic E-state index is 12.3. The van der Waals surface area contributed by atoms with Crippen molar-refractivity contribution in [3.8, 4) is 22.4 Å². The third-order valence-corrected chi connectivity index (χ3v) is 5.48. The van der Waals surface area contributed by atoms with E-state index in [0.29, 0.717) is 29.8 Å². The van der Waals surface area contributed by atoms with Gasteiger partial charge < -0.3 is 15.4 Å². The highest BCUT2D eigenvalue weighted by Crippen LogP contribution is 2.32. The van der Waals surface area contributed by atoms with Crippen molar-refractivity contribution in [3.05, 3.63) is 105 Å². The largest absolute Gasteiger partial charge is 0.490 e. The Hall–Kier alpha value is -5.04. The van der Waals surface area contributed by atoms with Crippen LogP contribution in [-0.2, 0) is 17.9 Å². The van der Waals surface area contributed by atoms with Gasteiger partial charge in [-0.1, -0.05) is 54.6 Å². The molecule has 3 aromatic heterocycles. The highest BCUT2D eigenvalue weighted by molar-refractivity contribution is 5.91. The quantitative estimate of drug-likeness (QED) is 0.221. The number of hydrogen-bond donors (Lipinski definition) is 5. The van der Waals surface area contributed by atoms with Gasteiger partial charge in [-0.25, -0.2) is 19.7 Å². The van der Waals surface area contributed by atoms with Crippen LogP contribution in [0.25, 0.3) is 33.3 Å². The first kappa shape index (κ1) is 27.0. The number of pyridine rings is 2. The van der Waals surface area contributed by atoms with Crippen LogP contribution in [0, 0.1) is 0 Å². The van der Waals surface area contributed by atoms with E-state index in [1.807, 2.05) is 66.7 Å². The Labute approximate surface area is 217 Å². The predicted molar refractivity (Wildman–Crippen MR) is 137 cm³/mol. The Balaban J connectivity index is 0.000000448. The highest BCUT2D eigenvalue weighted by Gasteiger charge is 2.38. The van der Waals surface area contributed by atoms with Gasteiger partial charge in [-0.15, -0.1) is 0 Å². The molecule has 3 heterocycles. The zero-order valence-corrected chi connectivity index (χ0v) is 20.0. The van der Waals surface area contributed by atoms with Crippen LogP contribution in [0.1, 0.15) is 11.4 Å². The molecule has 0 amide bonds. The van der Waals surface area contributed by atoms with Gasteiger partial charge in [0.05, 0.1) is 23.1 Å². The molecule has 5 rings (SSSR count). The molecule has 5 aromatic rings. The van der Waals surface area contributed by atoms with Crippen LogP contribution >= 0.6 is 0 Å². The number of carboxylic acid groups (broad SMARTS) is 1. The highest BCUT2D eigenvalue weighted by atomic mass is 19.4. The SMILES string of the molecule is O=C(O)C(F)(F)F.O=c1[nH]nc(CNCc2ccc(-c3nc4cc[nH]c(=O)c4cc3-c3ccccc3)cc2)[nH]1. The lowest BCUT2D eigenvalue weighted by atomic mass is 9.97. The monoisotopic (exact) mass is 538 g/mol. The summed E-state index contributed by atoms with van der Waals surface area (Å²) in [6.45, 7) is 1.08. The Kier molecular flexibility index (Phi) is 8.01. The summed E-state index contributed by atoms with van der Waals surface area (Å²) in [5.74, 6) is -2.19. The molecular weight excluding hydrogens is 517 g/mol. The first-order valence-electron chi connectivity index (χ1n) is 11.4. The van der Waals surface area contributed by atoms with Crippen molar-refractivity contribution in [2.45, 2.75) is 19.3 Å². The average Bonchev–Trinajstić information content (AvgIpc) is 3.34. The number of H-pyrrole nitrogens is 3. The van der Waals surface area contributed by atoms with Crippen molar-refractivity contribution < 1.29 is 23.1 Å². The summed E-state index contributed by atoms with van der Waals surface area (Å²) >= 11 is 0. The predicted octanol–water partition coefficient (Wildman–Crippen LogP) is 3.59. The van der Waals surface area contributed by atoms with Gasteiger partial charge >= 0.3 is 17.8 Å². The second-order valence-electron chi connectivity index (χ2n) is 8.22. The summed E-state index contributed by atoms with van der Waals surface area (Å²) in [7, 11) is 0. The van der Waals surface area contributed by atoms with E-state index in [2.05, 4.69) is 25.5 Å². The average molecular weight is 538 g/mol. The van der Waals surface area contributed by atoms with Crippen LogP contribution < -0.4 is 16.6 Å². The summed E-state index contributed by atoms with van der Waals surface area (Å²) in [6, 6.07) is 21.8. The van der Waals surface area contributed by atoms with Gasteiger partial charge in [-0.2, -0.15) is 18.3 Å². The molecule has 0 spiro atoms. The molecular formula is C26H21F3N6O4. The first-order chi connectivity index (χ1) is 18.6. The number of nitrogens with one attached hydrogen (secondary N) is 4. The van der Waals surface area contributed by atoms with Gasteiger partial charge in [0, 0.05) is 23.9 Å². The number of nitrogens with zero attached hydrogens (tertiary/aromatic N) is 2. The Morgan fingerprint density at radius 2 is 1.64 bits per heavy atom. The number of alkyl halides is 3. The van der Waals surface area contributed by atoms with Crippen LogP contribution in [0.3, 0.4) is 0 Å².